The Hall–Kier alpha value is -2.04. The molecule has 0 radical (unpaired) electrons. The Morgan fingerprint density at radius 1 is 1.39 bits per heavy atom. The van der Waals surface area contributed by atoms with Gasteiger partial charge in [-0.1, -0.05) is 13.0 Å². The average Bonchev–Trinajstić information content (AvgIpc) is 2.42. The molecule has 0 amide bonds. The van der Waals surface area contributed by atoms with Crippen LogP contribution < -0.4 is 5.32 Å². The Labute approximate surface area is 105 Å². The molecule has 0 bridgehead atoms. The van der Waals surface area contributed by atoms with Crippen molar-refractivity contribution in [3.63, 3.8) is 0 Å². The molecule has 0 saturated carbocycles. The topological polar surface area (TPSA) is 50.7 Å². The van der Waals surface area contributed by atoms with Gasteiger partial charge in [0.1, 0.15) is 6.33 Å². The van der Waals surface area contributed by atoms with E-state index in [2.05, 4.69) is 20.3 Å². The molecule has 2 aromatic heterocycles. The molecule has 2 heterocycles. The van der Waals surface area contributed by atoms with E-state index in [1.165, 1.54) is 6.33 Å². The van der Waals surface area contributed by atoms with Gasteiger partial charge in [0, 0.05) is 12.4 Å². The zero-order valence-electron chi connectivity index (χ0n) is 10.4. The van der Waals surface area contributed by atoms with E-state index in [0.717, 1.165) is 5.56 Å². The standard InChI is InChI=1S/C13H15FN4/c1-3-11-12(14)13(17-8-16-11)18-9(2)10-5-4-6-15-7-10/h4-9H,3H2,1-2H3,(H,16,17,18). The highest BCUT2D eigenvalue weighted by atomic mass is 19.1. The quantitative estimate of drug-likeness (QED) is 0.901. The number of aryl methyl sites for hydroxylation is 1. The molecule has 1 atom stereocenters. The summed E-state index contributed by atoms with van der Waals surface area (Å²) in [6, 6.07) is 3.72. The summed E-state index contributed by atoms with van der Waals surface area (Å²) in [5.41, 5.74) is 1.40. The fourth-order valence-electron chi connectivity index (χ4n) is 1.67. The summed E-state index contributed by atoms with van der Waals surface area (Å²) in [6.07, 6.45) is 5.37. The molecule has 2 aromatic rings. The third-order valence-corrected chi connectivity index (χ3v) is 2.73. The molecule has 18 heavy (non-hydrogen) atoms. The molecular formula is C13H15FN4. The van der Waals surface area contributed by atoms with Gasteiger partial charge in [-0.05, 0) is 25.0 Å². The summed E-state index contributed by atoms with van der Waals surface area (Å²) in [4.78, 5) is 11.9. The Bertz CT molecular complexity index is 516. The minimum absolute atomic E-state index is 0.0622. The van der Waals surface area contributed by atoms with Crippen molar-refractivity contribution in [3.8, 4) is 0 Å². The van der Waals surface area contributed by atoms with E-state index >= 15 is 0 Å². The van der Waals surface area contributed by atoms with Gasteiger partial charge in [-0.25, -0.2) is 14.4 Å². The van der Waals surface area contributed by atoms with Gasteiger partial charge in [0.15, 0.2) is 11.6 Å². The molecule has 5 heteroatoms. The van der Waals surface area contributed by atoms with Crippen LogP contribution in [0.3, 0.4) is 0 Å². The van der Waals surface area contributed by atoms with Crippen molar-refractivity contribution >= 4 is 5.82 Å². The van der Waals surface area contributed by atoms with Gasteiger partial charge in [0.05, 0.1) is 11.7 Å². The molecule has 0 aliphatic rings. The van der Waals surface area contributed by atoms with Crippen molar-refractivity contribution in [3.05, 3.63) is 47.9 Å². The number of nitrogens with one attached hydrogen (secondary N) is 1. The van der Waals surface area contributed by atoms with Gasteiger partial charge in [0.2, 0.25) is 0 Å². The van der Waals surface area contributed by atoms with Gasteiger partial charge in [-0.3, -0.25) is 4.98 Å². The highest BCUT2D eigenvalue weighted by molar-refractivity contribution is 5.40. The van der Waals surface area contributed by atoms with Gasteiger partial charge in [-0.2, -0.15) is 0 Å². The number of aromatic nitrogens is 3. The number of hydrogen-bond acceptors (Lipinski definition) is 4. The maximum absolute atomic E-state index is 13.9. The van der Waals surface area contributed by atoms with Gasteiger partial charge >= 0.3 is 0 Å². The molecule has 0 aromatic carbocycles. The molecule has 94 valence electrons. The van der Waals surface area contributed by atoms with Crippen molar-refractivity contribution in [1.29, 1.82) is 0 Å². The van der Waals surface area contributed by atoms with E-state index in [0.29, 0.717) is 12.1 Å². The Morgan fingerprint density at radius 3 is 2.89 bits per heavy atom. The predicted molar refractivity (Wildman–Crippen MR) is 67.6 cm³/mol. The SMILES string of the molecule is CCc1ncnc(NC(C)c2cccnc2)c1F. The van der Waals surface area contributed by atoms with Crippen LogP contribution >= 0.6 is 0 Å². The summed E-state index contributed by atoms with van der Waals surface area (Å²) in [5, 5.41) is 3.04. The minimum atomic E-state index is -0.379. The highest BCUT2D eigenvalue weighted by Crippen LogP contribution is 2.20. The maximum Gasteiger partial charge on any atom is 0.186 e. The largest absolute Gasteiger partial charge is 0.361 e. The molecule has 4 nitrogen and oxygen atoms in total. The van der Waals surface area contributed by atoms with Crippen molar-refractivity contribution < 1.29 is 4.39 Å². The molecule has 0 spiro atoms. The number of halogens is 1. The third kappa shape index (κ3) is 2.61. The first-order valence-electron chi connectivity index (χ1n) is 5.88. The lowest BCUT2D eigenvalue weighted by Gasteiger charge is -2.15. The fourth-order valence-corrected chi connectivity index (χ4v) is 1.67. The summed E-state index contributed by atoms with van der Waals surface area (Å²) in [6.45, 7) is 3.80. The lowest BCUT2D eigenvalue weighted by molar-refractivity contribution is 0.594. The lowest BCUT2D eigenvalue weighted by Crippen LogP contribution is -2.11. The summed E-state index contributed by atoms with van der Waals surface area (Å²) in [7, 11) is 0. The van der Waals surface area contributed by atoms with E-state index in [1.807, 2.05) is 26.0 Å². The second-order valence-electron chi connectivity index (χ2n) is 3.99. The van der Waals surface area contributed by atoms with Crippen LogP contribution in [-0.2, 0) is 6.42 Å². The first-order chi connectivity index (χ1) is 8.72. The first kappa shape index (κ1) is 12.4. The van der Waals surface area contributed by atoms with Crippen LogP contribution in [0.1, 0.15) is 31.1 Å². The molecular weight excluding hydrogens is 231 g/mol. The van der Waals surface area contributed by atoms with Crippen LogP contribution in [0.15, 0.2) is 30.9 Å². The maximum atomic E-state index is 13.9. The molecule has 0 fully saturated rings. The number of hydrogen-bond donors (Lipinski definition) is 1. The Balaban J connectivity index is 2.19. The molecule has 0 aliphatic heterocycles. The summed E-state index contributed by atoms with van der Waals surface area (Å²) >= 11 is 0. The second-order valence-corrected chi connectivity index (χ2v) is 3.99. The van der Waals surface area contributed by atoms with Gasteiger partial charge < -0.3 is 5.32 Å². The van der Waals surface area contributed by atoms with E-state index in [4.69, 9.17) is 0 Å². The van der Waals surface area contributed by atoms with Crippen LogP contribution in [0.5, 0.6) is 0 Å². The molecule has 0 saturated heterocycles. The van der Waals surface area contributed by atoms with Crippen molar-refractivity contribution in [2.75, 3.05) is 5.32 Å². The lowest BCUT2D eigenvalue weighted by atomic mass is 10.1. The van der Waals surface area contributed by atoms with Crippen molar-refractivity contribution in [2.45, 2.75) is 26.3 Å². The first-order valence-corrected chi connectivity index (χ1v) is 5.88. The monoisotopic (exact) mass is 246 g/mol. The van der Waals surface area contributed by atoms with Crippen molar-refractivity contribution in [2.24, 2.45) is 0 Å². The molecule has 1 N–H and O–H groups in total. The van der Waals surface area contributed by atoms with Crippen LogP contribution in [0.25, 0.3) is 0 Å². The Morgan fingerprint density at radius 2 is 2.22 bits per heavy atom. The van der Waals surface area contributed by atoms with E-state index in [9.17, 15) is 4.39 Å². The summed E-state index contributed by atoms with van der Waals surface area (Å²) < 4.78 is 13.9. The average molecular weight is 246 g/mol. The zero-order valence-corrected chi connectivity index (χ0v) is 10.4. The van der Waals surface area contributed by atoms with E-state index in [1.54, 1.807) is 12.4 Å². The predicted octanol–water partition coefficient (Wildman–Crippen LogP) is 2.75. The van der Waals surface area contributed by atoms with Crippen molar-refractivity contribution in [1.82, 2.24) is 15.0 Å². The number of pyridine rings is 1. The number of rotatable bonds is 4. The van der Waals surface area contributed by atoms with Crippen LogP contribution in [0.2, 0.25) is 0 Å². The Kier molecular flexibility index (Phi) is 3.82. The number of anilines is 1. The molecule has 0 aliphatic carbocycles. The highest BCUT2D eigenvalue weighted by Gasteiger charge is 2.12. The molecule has 2 rings (SSSR count). The number of nitrogens with zero attached hydrogens (tertiary/aromatic N) is 3. The zero-order chi connectivity index (χ0) is 13.0. The normalized spacial score (nSPS) is 12.2. The van der Waals surface area contributed by atoms with Gasteiger partial charge in [0.25, 0.3) is 0 Å². The van der Waals surface area contributed by atoms with Crippen LogP contribution in [0.4, 0.5) is 10.2 Å². The molecule has 1 unspecified atom stereocenters. The van der Waals surface area contributed by atoms with Gasteiger partial charge in [-0.15, -0.1) is 0 Å². The second kappa shape index (κ2) is 5.53. The van der Waals surface area contributed by atoms with E-state index < -0.39 is 0 Å². The van der Waals surface area contributed by atoms with Crippen LogP contribution in [-0.4, -0.2) is 15.0 Å². The van der Waals surface area contributed by atoms with Crippen LogP contribution in [0, 0.1) is 5.82 Å². The minimum Gasteiger partial charge on any atom is -0.361 e. The fraction of sp³-hybridized carbons (Fsp3) is 0.308. The summed E-state index contributed by atoms with van der Waals surface area (Å²) in [5.74, 6) is -0.144. The third-order valence-electron chi connectivity index (χ3n) is 2.73. The van der Waals surface area contributed by atoms with E-state index in [-0.39, 0.29) is 17.7 Å². The smallest absolute Gasteiger partial charge is 0.186 e.